The lowest BCUT2D eigenvalue weighted by molar-refractivity contribution is 0.466. The number of rotatable bonds is 0. The minimum atomic E-state index is 0.431. The molecular weight excluding hydrogens is 248 g/mol. The molecule has 0 bridgehead atoms. The van der Waals surface area contributed by atoms with Crippen molar-refractivity contribution in [3.8, 4) is 11.5 Å². The molecule has 108 valence electrons. The van der Waals surface area contributed by atoms with E-state index in [1.807, 2.05) is 65.8 Å². The minimum Gasteiger partial charge on any atom is -0.507 e. The van der Waals surface area contributed by atoms with Gasteiger partial charge in [0.1, 0.15) is 11.5 Å². The summed E-state index contributed by atoms with van der Waals surface area (Å²) in [5, 5.41) is 18.8. The fraction of sp³-hybridized carbons (Fsp3) is 0.333. The Morgan fingerprint density at radius 3 is 1.00 bits per heavy atom. The van der Waals surface area contributed by atoms with Crippen LogP contribution in [0.15, 0.2) is 24.3 Å². The molecule has 2 N–H and O–H groups in total. The van der Waals surface area contributed by atoms with E-state index in [0.717, 1.165) is 33.4 Å². The van der Waals surface area contributed by atoms with Gasteiger partial charge in [0, 0.05) is 0 Å². The van der Waals surface area contributed by atoms with Crippen molar-refractivity contribution >= 4 is 0 Å². The van der Waals surface area contributed by atoms with Crippen LogP contribution in [-0.2, 0) is 0 Å². The third kappa shape index (κ3) is 3.53. The highest BCUT2D eigenvalue weighted by atomic mass is 16.3. The molecule has 20 heavy (non-hydrogen) atoms. The van der Waals surface area contributed by atoms with Gasteiger partial charge in [-0.2, -0.15) is 0 Å². The number of aromatic hydroxyl groups is 2. The monoisotopic (exact) mass is 272 g/mol. The van der Waals surface area contributed by atoms with E-state index in [1.165, 1.54) is 0 Å². The first-order chi connectivity index (χ1) is 9.25. The van der Waals surface area contributed by atoms with Crippen LogP contribution in [-0.4, -0.2) is 10.2 Å². The van der Waals surface area contributed by atoms with Gasteiger partial charge in [-0.3, -0.25) is 0 Å². The van der Waals surface area contributed by atoms with E-state index in [-0.39, 0.29) is 0 Å². The van der Waals surface area contributed by atoms with Crippen LogP contribution in [0.1, 0.15) is 33.4 Å². The predicted molar refractivity (Wildman–Crippen MR) is 84.6 cm³/mol. The number of phenols is 2. The van der Waals surface area contributed by atoms with Crippen LogP contribution < -0.4 is 0 Å². The van der Waals surface area contributed by atoms with Gasteiger partial charge >= 0.3 is 0 Å². The average Bonchev–Trinajstić information content (AvgIpc) is 2.43. The number of aryl methyl sites for hydroxylation is 4. The lowest BCUT2D eigenvalue weighted by Gasteiger charge is -2.04. The Morgan fingerprint density at radius 2 is 0.750 bits per heavy atom. The molecule has 0 amide bonds. The number of hydrogen-bond acceptors (Lipinski definition) is 2. The smallest absolute Gasteiger partial charge is 0.121 e. The highest BCUT2D eigenvalue weighted by Gasteiger charge is 2.01. The van der Waals surface area contributed by atoms with Gasteiger partial charge in [0.2, 0.25) is 0 Å². The summed E-state index contributed by atoms with van der Waals surface area (Å²) in [6.07, 6.45) is 0. The van der Waals surface area contributed by atoms with E-state index in [4.69, 9.17) is 0 Å². The normalized spacial score (nSPS) is 9.90. The van der Waals surface area contributed by atoms with Gasteiger partial charge in [0.15, 0.2) is 0 Å². The first kappa shape index (κ1) is 16.1. The van der Waals surface area contributed by atoms with Gasteiger partial charge in [-0.1, -0.05) is 24.3 Å². The van der Waals surface area contributed by atoms with Crippen LogP contribution >= 0.6 is 0 Å². The molecule has 2 nitrogen and oxygen atoms in total. The average molecular weight is 272 g/mol. The van der Waals surface area contributed by atoms with Crippen LogP contribution in [0.3, 0.4) is 0 Å². The molecule has 0 fully saturated rings. The summed E-state index contributed by atoms with van der Waals surface area (Å²) in [5.41, 5.74) is 6.15. The van der Waals surface area contributed by atoms with Crippen LogP contribution in [0.4, 0.5) is 0 Å². The first-order valence-electron chi connectivity index (χ1n) is 6.77. The van der Waals surface area contributed by atoms with Crippen LogP contribution in [0, 0.1) is 41.5 Å². The zero-order valence-electron chi connectivity index (χ0n) is 13.2. The van der Waals surface area contributed by atoms with E-state index in [0.29, 0.717) is 11.5 Å². The minimum absolute atomic E-state index is 0.431. The van der Waals surface area contributed by atoms with Gasteiger partial charge in [0.05, 0.1) is 0 Å². The van der Waals surface area contributed by atoms with Crippen molar-refractivity contribution in [1.82, 2.24) is 0 Å². The molecule has 2 heteroatoms. The van der Waals surface area contributed by atoms with Crippen LogP contribution in [0.2, 0.25) is 0 Å². The zero-order chi connectivity index (χ0) is 15.4. The number of hydrogen-bond donors (Lipinski definition) is 2. The maximum atomic E-state index is 9.39. The molecule has 0 aliphatic carbocycles. The van der Waals surface area contributed by atoms with E-state index in [2.05, 4.69) is 0 Å². The summed E-state index contributed by atoms with van der Waals surface area (Å²) in [6, 6.07) is 7.89. The van der Waals surface area contributed by atoms with Crippen molar-refractivity contribution in [2.75, 3.05) is 0 Å². The first-order valence-corrected chi connectivity index (χ1v) is 6.77. The van der Waals surface area contributed by atoms with Gasteiger partial charge < -0.3 is 10.2 Å². The lowest BCUT2D eigenvalue weighted by atomic mass is 10.1. The van der Waals surface area contributed by atoms with E-state index in [9.17, 15) is 10.2 Å². The summed E-state index contributed by atoms with van der Waals surface area (Å²) in [7, 11) is 0. The lowest BCUT2D eigenvalue weighted by Crippen LogP contribution is -1.83. The second-order valence-electron chi connectivity index (χ2n) is 5.35. The predicted octanol–water partition coefficient (Wildman–Crippen LogP) is 4.63. The maximum Gasteiger partial charge on any atom is 0.121 e. The highest BCUT2D eigenvalue weighted by molar-refractivity contribution is 5.43. The summed E-state index contributed by atoms with van der Waals surface area (Å²) in [5.74, 6) is 0.861. The van der Waals surface area contributed by atoms with E-state index >= 15 is 0 Å². The summed E-state index contributed by atoms with van der Waals surface area (Å²) in [6.45, 7) is 11.7. The van der Waals surface area contributed by atoms with Crippen molar-refractivity contribution in [2.45, 2.75) is 41.5 Å². The van der Waals surface area contributed by atoms with Crippen molar-refractivity contribution in [2.24, 2.45) is 0 Å². The quantitative estimate of drug-likeness (QED) is 0.733. The van der Waals surface area contributed by atoms with Crippen molar-refractivity contribution in [1.29, 1.82) is 0 Å². The highest BCUT2D eigenvalue weighted by Crippen LogP contribution is 2.24. The molecule has 0 aliphatic rings. The van der Waals surface area contributed by atoms with Gasteiger partial charge in [-0.25, -0.2) is 0 Å². The maximum absolute atomic E-state index is 9.39. The molecule has 0 heterocycles. The van der Waals surface area contributed by atoms with Crippen LogP contribution in [0.5, 0.6) is 11.5 Å². The Balaban J connectivity index is 0.000000200. The molecule has 0 radical (unpaired) electrons. The second kappa shape index (κ2) is 6.47. The van der Waals surface area contributed by atoms with Gasteiger partial charge in [0.25, 0.3) is 0 Å². The molecule has 0 unspecified atom stereocenters. The zero-order valence-corrected chi connectivity index (χ0v) is 13.2. The third-order valence-electron chi connectivity index (χ3n) is 3.81. The number of phenolic OH excluding ortho intramolecular Hbond substituents is 2. The van der Waals surface area contributed by atoms with E-state index in [1.54, 1.807) is 0 Å². The summed E-state index contributed by atoms with van der Waals surface area (Å²) in [4.78, 5) is 0. The standard InChI is InChI=1S/2C9H12O/c2*1-6-4-5-7(2)9(10)8(6)3/h2*4-5,10H,1-3H3. The molecule has 0 saturated carbocycles. The molecule has 0 atom stereocenters. The number of benzene rings is 2. The molecule has 2 aromatic carbocycles. The Bertz CT molecular complexity index is 504. The van der Waals surface area contributed by atoms with Crippen molar-refractivity contribution in [3.05, 3.63) is 57.6 Å². The Morgan fingerprint density at radius 1 is 0.500 bits per heavy atom. The van der Waals surface area contributed by atoms with Gasteiger partial charge in [-0.05, 0) is 74.9 Å². The second-order valence-corrected chi connectivity index (χ2v) is 5.35. The fourth-order valence-corrected chi connectivity index (χ4v) is 1.87. The Labute approximate surface area is 121 Å². The molecule has 0 aliphatic heterocycles. The summed E-state index contributed by atoms with van der Waals surface area (Å²) < 4.78 is 0. The van der Waals surface area contributed by atoms with E-state index < -0.39 is 0 Å². The third-order valence-corrected chi connectivity index (χ3v) is 3.81. The molecule has 2 aromatic rings. The Kier molecular flexibility index (Phi) is 5.20. The SMILES string of the molecule is Cc1ccc(C)c(O)c1C.Cc1ccc(C)c(O)c1C. The molecule has 0 spiro atoms. The molecule has 0 aromatic heterocycles. The van der Waals surface area contributed by atoms with Gasteiger partial charge in [-0.15, -0.1) is 0 Å². The largest absolute Gasteiger partial charge is 0.507 e. The van der Waals surface area contributed by atoms with Crippen LogP contribution in [0.25, 0.3) is 0 Å². The van der Waals surface area contributed by atoms with Crippen molar-refractivity contribution in [3.63, 3.8) is 0 Å². The summed E-state index contributed by atoms with van der Waals surface area (Å²) >= 11 is 0. The molecule has 2 rings (SSSR count). The fourth-order valence-electron chi connectivity index (χ4n) is 1.87. The van der Waals surface area contributed by atoms with Crippen molar-refractivity contribution < 1.29 is 10.2 Å². The Hall–Kier alpha value is -1.96. The molecular formula is C18H24O2. The molecule has 0 saturated heterocycles. The topological polar surface area (TPSA) is 40.5 Å².